The van der Waals surface area contributed by atoms with Crippen LogP contribution in [0.15, 0.2) is 66.9 Å². The van der Waals surface area contributed by atoms with Gasteiger partial charge in [0.25, 0.3) is 5.69 Å². The number of para-hydroxylation sites is 2. The molecule has 198 valence electrons. The molecule has 9 heteroatoms. The minimum absolute atomic E-state index is 0.164. The van der Waals surface area contributed by atoms with Gasteiger partial charge in [-0.3, -0.25) is 10.1 Å². The van der Waals surface area contributed by atoms with Gasteiger partial charge < -0.3 is 20.1 Å². The molecule has 0 radical (unpaired) electrons. The quantitative estimate of drug-likeness (QED) is 0.222. The molecule has 2 aromatic carbocycles. The van der Waals surface area contributed by atoms with Crippen molar-refractivity contribution in [1.29, 1.82) is 0 Å². The number of aromatic nitrogens is 3. The predicted octanol–water partition coefficient (Wildman–Crippen LogP) is 5.21. The fraction of sp³-hybridized carbons (Fsp3) is 0.379. The number of nitro groups is 1. The fourth-order valence-electron chi connectivity index (χ4n) is 5.33. The molecule has 0 unspecified atom stereocenters. The van der Waals surface area contributed by atoms with Crippen LogP contribution in [0.3, 0.4) is 0 Å². The lowest BCUT2D eigenvalue weighted by Crippen LogP contribution is -2.32. The number of nitrogens with one attached hydrogen (secondary N) is 2. The molecule has 2 heterocycles. The second kappa shape index (κ2) is 11.6. The van der Waals surface area contributed by atoms with Gasteiger partial charge in [-0.15, -0.1) is 0 Å². The summed E-state index contributed by atoms with van der Waals surface area (Å²) in [7, 11) is 4.03. The van der Waals surface area contributed by atoms with Gasteiger partial charge in [-0.2, -0.15) is 4.98 Å². The molecule has 0 bridgehead atoms. The van der Waals surface area contributed by atoms with Crippen molar-refractivity contribution in [3.8, 4) is 0 Å². The summed E-state index contributed by atoms with van der Waals surface area (Å²) >= 11 is 0. The van der Waals surface area contributed by atoms with Crippen LogP contribution in [0, 0.1) is 16.0 Å². The Morgan fingerprint density at radius 3 is 2.55 bits per heavy atom. The van der Waals surface area contributed by atoms with Gasteiger partial charge in [0.1, 0.15) is 5.82 Å². The summed E-state index contributed by atoms with van der Waals surface area (Å²) in [5.41, 5.74) is 2.97. The van der Waals surface area contributed by atoms with E-state index in [0.717, 1.165) is 61.2 Å². The number of rotatable bonds is 10. The van der Waals surface area contributed by atoms with Crippen LogP contribution in [0.4, 0.5) is 17.5 Å². The second-order valence-corrected chi connectivity index (χ2v) is 10.3. The Morgan fingerprint density at radius 1 is 1.00 bits per heavy atom. The molecule has 0 atom stereocenters. The average molecular weight is 514 g/mol. The van der Waals surface area contributed by atoms with E-state index in [-0.39, 0.29) is 10.6 Å². The molecule has 0 aliphatic heterocycles. The lowest BCUT2D eigenvalue weighted by molar-refractivity contribution is -0.385. The summed E-state index contributed by atoms with van der Waals surface area (Å²) in [6.07, 6.45) is 6.47. The number of fused-ring (bicyclic) bond motifs is 1. The minimum Gasteiger partial charge on any atom is -0.362 e. The molecule has 1 aliphatic rings. The molecular formula is C29H35N7O2. The van der Waals surface area contributed by atoms with Crippen molar-refractivity contribution in [3.05, 3.63) is 88.2 Å². The molecule has 1 aliphatic carbocycles. The van der Waals surface area contributed by atoms with Crippen LogP contribution in [0.2, 0.25) is 0 Å². The number of anilines is 2. The van der Waals surface area contributed by atoms with Gasteiger partial charge in [0, 0.05) is 55.6 Å². The first kappa shape index (κ1) is 25.7. The summed E-state index contributed by atoms with van der Waals surface area (Å²) in [6, 6.07) is 19.5. The highest BCUT2D eigenvalue weighted by Gasteiger charge is 2.22. The molecule has 2 N–H and O–H groups in total. The predicted molar refractivity (Wildman–Crippen MR) is 152 cm³/mol. The molecule has 4 aromatic rings. The van der Waals surface area contributed by atoms with Crippen LogP contribution in [-0.4, -0.2) is 46.1 Å². The van der Waals surface area contributed by atoms with Crippen molar-refractivity contribution in [1.82, 2.24) is 19.9 Å². The van der Waals surface area contributed by atoms with Crippen molar-refractivity contribution < 1.29 is 4.92 Å². The summed E-state index contributed by atoms with van der Waals surface area (Å²) in [6.45, 7) is 2.19. The third kappa shape index (κ3) is 5.94. The van der Waals surface area contributed by atoms with E-state index in [4.69, 9.17) is 9.97 Å². The van der Waals surface area contributed by atoms with Crippen LogP contribution < -0.4 is 15.5 Å². The highest BCUT2D eigenvalue weighted by Crippen LogP contribution is 2.28. The Morgan fingerprint density at radius 2 is 1.76 bits per heavy atom. The topological polar surface area (TPSA) is 101 Å². The van der Waals surface area contributed by atoms with Crippen molar-refractivity contribution in [2.75, 3.05) is 30.9 Å². The monoisotopic (exact) mass is 513 g/mol. The SMILES string of the molecule is CN(C)c1nc(N[C@H]2CC[C@@H](CNCc3cccn3Cc3ccccc3[N+](=O)[O-])CC2)nc2ccccc12. The highest BCUT2D eigenvalue weighted by molar-refractivity contribution is 5.90. The van der Waals surface area contributed by atoms with Gasteiger partial charge in [0.05, 0.1) is 17.0 Å². The lowest BCUT2D eigenvalue weighted by atomic mass is 9.86. The smallest absolute Gasteiger partial charge is 0.274 e. The first-order valence-electron chi connectivity index (χ1n) is 13.3. The van der Waals surface area contributed by atoms with Gasteiger partial charge >= 0.3 is 0 Å². The third-order valence-corrected chi connectivity index (χ3v) is 7.38. The zero-order valence-electron chi connectivity index (χ0n) is 22.0. The van der Waals surface area contributed by atoms with Gasteiger partial charge in [0.2, 0.25) is 5.95 Å². The molecule has 0 saturated heterocycles. The lowest BCUT2D eigenvalue weighted by Gasteiger charge is -2.29. The first-order valence-corrected chi connectivity index (χ1v) is 13.3. The van der Waals surface area contributed by atoms with Crippen LogP contribution in [0.5, 0.6) is 0 Å². The van der Waals surface area contributed by atoms with Crippen molar-refractivity contribution in [3.63, 3.8) is 0 Å². The average Bonchev–Trinajstić information content (AvgIpc) is 3.36. The van der Waals surface area contributed by atoms with Crippen LogP contribution in [0.25, 0.3) is 10.9 Å². The summed E-state index contributed by atoms with van der Waals surface area (Å²) in [5, 5.41) is 19.6. The molecule has 0 amide bonds. The van der Waals surface area contributed by atoms with E-state index in [1.165, 1.54) is 0 Å². The van der Waals surface area contributed by atoms with E-state index in [0.29, 0.717) is 30.0 Å². The molecule has 5 rings (SSSR count). The zero-order chi connectivity index (χ0) is 26.5. The van der Waals surface area contributed by atoms with Crippen LogP contribution >= 0.6 is 0 Å². The van der Waals surface area contributed by atoms with Crippen molar-refractivity contribution >= 4 is 28.4 Å². The molecule has 1 fully saturated rings. The number of hydrogen-bond acceptors (Lipinski definition) is 7. The molecule has 1 saturated carbocycles. The van der Waals surface area contributed by atoms with E-state index in [2.05, 4.69) is 27.3 Å². The Bertz CT molecular complexity index is 1390. The molecule has 2 aromatic heterocycles. The maximum absolute atomic E-state index is 11.4. The van der Waals surface area contributed by atoms with Crippen LogP contribution in [-0.2, 0) is 13.1 Å². The maximum Gasteiger partial charge on any atom is 0.274 e. The van der Waals surface area contributed by atoms with Crippen molar-refractivity contribution in [2.45, 2.75) is 44.8 Å². The van der Waals surface area contributed by atoms with E-state index in [9.17, 15) is 10.1 Å². The van der Waals surface area contributed by atoms with E-state index >= 15 is 0 Å². The Labute approximate surface area is 223 Å². The van der Waals surface area contributed by atoms with Gasteiger partial charge in [-0.05, 0) is 62.4 Å². The third-order valence-electron chi connectivity index (χ3n) is 7.38. The van der Waals surface area contributed by atoms with Gasteiger partial charge in [-0.25, -0.2) is 4.98 Å². The molecule has 9 nitrogen and oxygen atoms in total. The van der Waals surface area contributed by atoms with Crippen LogP contribution in [0.1, 0.15) is 36.9 Å². The number of nitrogens with zero attached hydrogens (tertiary/aromatic N) is 5. The Balaban J connectivity index is 1.11. The minimum atomic E-state index is -0.310. The van der Waals surface area contributed by atoms with Gasteiger partial charge in [0.15, 0.2) is 0 Å². The van der Waals surface area contributed by atoms with E-state index in [1.807, 2.05) is 61.6 Å². The summed E-state index contributed by atoms with van der Waals surface area (Å²) in [4.78, 5) is 22.7. The number of hydrogen-bond donors (Lipinski definition) is 2. The standard InChI is InChI=1S/C29H35N7O2/c1-34(2)28-25-10-4-5-11-26(25)32-29(33-28)31-23-15-13-21(14-16-23)18-30-19-24-9-7-17-35(24)20-22-8-3-6-12-27(22)36(37)38/h3-12,17,21,23,30H,13-16,18-20H2,1-2H3,(H,31,32,33)/t21-,23+. The van der Waals surface area contributed by atoms with E-state index in [1.54, 1.807) is 12.1 Å². The Hall–Kier alpha value is -3.98. The van der Waals surface area contributed by atoms with E-state index < -0.39 is 0 Å². The number of benzene rings is 2. The number of nitro benzene ring substituents is 1. The molecule has 38 heavy (non-hydrogen) atoms. The highest BCUT2D eigenvalue weighted by atomic mass is 16.6. The molecular weight excluding hydrogens is 478 g/mol. The fourth-order valence-corrected chi connectivity index (χ4v) is 5.33. The normalized spacial score (nSPS) is 17.4. The zero-order valence-corrected chi connectivity index (χ0v) is 22.0. The van der Waals surface area contributed by atoms with Gasteiger partial charge in [-0.1, -0.05) is 30.3 Å². The molecule has 0 spiro atoms. The first-order chi connectivity index (χ1) is 18.5. The largest absolute Gasteiger partial charge is 0.362 e. The van der Waals surface area contributed by atoms with Crippen molar-refractivity contribution in [2.24, 2.45) is 5.92 Å². The summed E-state index contributed by atoms with van der Waals surface area (Å²) in [5.74, 6) is 2.26. The summed E-state index contributed by atoms with van der Waals surface area (Å²) < 4.78 is 2.09. The maximum atomic E-state index is 11.4. The Kier molecular flexibility index (Phi) is 7.83. The second-order valence-electron chi connectivity index (χ2n) is 10.3.